The fraction of sp³-hybridized carbons (Fsp3) is 0.385. The van der Waals surface area contributed by atoms with Gasteiger partial charge in [0, 0.05) is 0 Å². The molecule has 1 aliphatic carbocycles. The minimum absolute atomic E-state index is 0.225. The van der Waals surface area contributed by atoms with E-state index in [1.54, 1.807) is 11.4 Å². The lowest BCUT2D eigenvalue weighted by Gasteiger charge is -2.21. The Balaban J connectivity index is 2.48. The molecule has 0 aromatic heterocycles. The zero-order valence-corrected chi connectivity index (χ0v) is 10.4. The molecule has 0 fully saturated rings. The first kappa shape index (κ1) is 14.4. The number of anilines is 1. The van der Waals surface area contributed by atoms with Gasteiger partial charge in [-0.1, -0.05) is 6.07 Å². The minimum atomic E-state index is -5.05. The number of halogens is 3. The van der Waals surface area contributed by atoms with Crippen molar-refractivity contribution in [2.45, 2.75) is 31.9 Å². The molecular weight excluding hydrogens is 275 g/mol. The monoisotopic (exact) mass is 287 g/mol. The van der Waals surface area contributed by atoms with Gasteiger partial charge in [0.05, 0.1) is 11.3 Å². The highest BCUT2D eigenvalue weighted by Crippen LogP contribution is 2.32. The Hall–Kier alpha value is -2.05. The van der Waals surface area contributed by atoms with Crippen molar-refractivity contribution in [1.82, 2.24) is 0 Å². The standard InChI is InChI=1S/C13H12F3NO3/c14-13(15,16)12(20)17-10-8-4-2-1-3-7(8)5-6-9(10)11(18)19/h5-6H,1-4H2,(H,17,20)(H,18,19). The van der Waals surface area contributed by atoms with E-state index in [0.29, 0.717) is 18.4 Å². The summed E-state index contributed by atoms with van der Waals surface area (Å²) in [5, 5.41) is 10.8. The molecule has 2 rings (SSSR count). The second-order valence-electron chi connectivity index (χ2n) is 4.59. The minimum Gasteiger partial charge on any atom is -0.478 e. The van der Waals surface area contributed by atoms with Gasteiger partial charge in [0.15, 0.2) is 0 Å². The Morgan fingerprint density at radius 1 is 1.15 bits per heavy atom. The van der Waals surface area contributed by atoms with Crippen LogP contribution in [0.25, 0.3) is 0 Å². The number of aromatic carboxylic acids is 1. The number of carboxylic acids is 1. The third-order valence-electron chi connectivity index (χ3n) is 3.26. The number of hydrogen-bond donors (Lipinski definition) is 2. The fourth-order valence-electron chi connectivity index (χ4n) is 2.33. The van der Waals surface area contributed by atoms with Crippen molar-refractivity contribution in [2.24, 2.45) is 0 Å². The first-order valence-electron chi connectivity index (χ1n) is 6.07. The lowest BCUT2D eigenvalue weighted by Crippen LogP contribution is -2.31. The Morgan fingerprint density at radius 3 is 2.40 bits per heavy atom. The van der Waals surface area contributed by atoms with Crippen molar-refractivity contribution in [3.8, 4) is 0 Å². The van der Waals surface area contributed by atoms with Gasteiger partial charge in [-0.2, -0.15) is 13.2 Å². The van der Waals surface area contributed by atoms with Gasteiger partial charge in [-0.3, -0.25) is 4.79 Å². The van der Waals surface area contributed by atoms with Crippen molar-refractivity contribution in [3.63, 3.8) is 0 Å². The van der Waals surface area contributed by atoms with E-state index >= 15 is 0 Å². The molecule has 1 aromatic carbocycles. The number of carboxylic acid groups (broad SMARTS) is 1. The van der Waals surface area contributed by atoms with E-state index in [9.17, 15) is 22.8 Å². The largest absolute Gasteiger partial charge is 0.478 e. The first-order valence-corrected chi connectivity index (χ1v) is 6.07. The smallest absolute Gasteiger partial charge is 0.471 e. The van der Waals surface area contributed by atoms with Gasteiger partial charge in [-0.15, -0.1) is 0 Å². The quantitative estimate of drug-likeness (QED) is 0.879. The molecule has 0 radical (unpaired) electrons. The van der Waals surface area contributed by atoms with Crippen molar-refractivity contribution < 1.29 is 27.9 Å². The van der Waals surface area contributed by atoms with Gasteiger partial charge in [0.2, 0.25) is 0 Å². The maximum atomic E-state index is 12.3. The maximum Gasteiger partial charge on any atom is 0.471 e. The molecule has 1 aliphatic rings. The van der Waals surface area contributed by atoms with Crippen molar-refractivity contribution in [3.05, 3.63) is 28.8 Å². The van der Waals surface area contributed by atoms with Gasteiger partial charge in [-0.25, -0.2) is 4.79 Å². The molecule has 0 saturated heterocycles. The molecule has 2 N–H and O–H groups in total. The highest BCUT2D eigenvalue weighted by Gasteiger charge is 2.39. The van der Waals surface area contributed by atoms with Crippen LogP contribution < -0.4 is 5.32 Å². The lowest BCUT2D eigenvalue weighted by atomic mass is 9.88. The third kappa shape index (κ3) is 2.76. The molecule has 0 heterocycles. The van der Waals surface area contributed by atoms with Crippen LogP contribution >= 0.6 is 0 Å². The molecule has 4 nitrogen and oxygen atoms in total. The molecule has 0 aliphatic heterocycles. The topological polar surface area (TPSA) is 66.4 Å². The normalized spacial score (nSPS) is 14.6. The van der Waals surface area contributed by atoms with Gasteiger partial charge in [0.1, 0.15) is 0 Å². The van der Waals surface area contributed by atoms with Gasteiger partial charge >= 0.3 is 18.1 Å². The maximum absolute atomic E-state index is 12.3. The summed E-state index contributed by atoms with van der Waals surface area (Å²) in [6, 6.07) is 2.83. The molecule has 0 atom stereocenters. The predicted molar refractivity (Wildman–Crippen MR) is 64.7 cm³/mol. The highest BCUT2D eigenvalue weighted by molar-refractivity contribution is 6.03. The fourth-order valence-corrected chi connectivity index (χ4v) is 2.33. The number of alkyl halides is 3. The molecule has 0 spiro atoms. The van der Waals surface area contributed by atoms with E-state index in [0.717, 1.165) is 18.4 Å². The van der Waals surface area contributed by atoms with Crippen molar-refractivity contribution in [2.75, 3.05) is 5.32 Å². The summed E-state index contributed by atoms with van der Waals surface area (Å²) < 4.78 is 37.0. The molecule has 1 amide bonds. The number of fused-ring (bicyclic) bond motifs is 1. The van der Waals surface area contributed by atoms with Crippen LogP contribution in [0.5, 0.6) is 0 Å². The van der Waals surface area contributed by atoms with Crippen molar-refractivity contribution in [1.29, 1.82) is 0 Å². The number of rotatable bonds is 2. The van der Waals surface area contributed by atoms with E-state index in [4.69, 9.17) is 5.11 Å². The third-order valence-corrected chi connectivity index (χ3v) is 3.26. The van der Waals surface area contributed by atoms with Gasteiger partial charge < -0.3 is 10.4 Å². The van der Waals surface area contributed by atoms with Crippen LogP contribution in [0.2, 0.25) is 0 Å². The number of carbonyl (C=O) groups is 2. The number of benzene rings is 1. The summed E-state index contributed by atoms with van der Waals surface area (Å²) in [5.41, 5.74) is 0.743. The molecule has 20 heavy (non-hydrogen) atoms. The SMILES string of the molecule is O=C(O)c1ccc2c(c1NC(=O)C(F)(F)F)CCCC2. The molecule has 1 aromatic rings. The average Bonchev–Trinajstić information content (AvgIpc) is 2.37. The number of aryl methyl sites for hydroxylation is 1. The highest BCUT2D eigenvalue weighted by atomic mass is 19.4. The van der Waals surface area contributed by atoms with Crippen molar-refractivity contribution >= 4 is 17.6 Å². The van der Waals surface area contributed by atoms with Crippen LogP contribution in [0.15, 0.2) is 12.1 Å². The van der Waals surface area contributed by atoms with Crippen LogP contribution in [0.3, 0.4) is 0 Å². The number of carbonyl (C=O) groups excluding carboxylic acids is 1. The van der Waals surface area contributed by atoms with Gasteiger partial charge in [-0.05, 0) is 42.9 Å². The molecule has 7 heteroatoms. The zero-order valence-electron chi connectivity index (χ0n) is 10.4. The Morgan fingerprint density at radius 2 is 1.80 bits per heavy atom. The Labute approximate surface area is 112 Å². The van der Waals surface area contributed by atoms with Crippen LogP contribution in [0.1, 0.15) is 34.3 Å². The van der Waals surface area contributed by atoms with Crippen LogP contribution in [0.4, 0.5) is 18.9 Å². The molecule has 0 unspecified atom stereocenters. The summed E-state index contributed by atoms with van der Waals surface area (Å²) in [6.07, 6.45) is -2.27. The summed E-state index contributed by atoms with van der Waals surface area (Å²) >= 11 is 0. The second kappa shape index (κ2) is 5.15. The van der Waals surface area contributed by atoms with E-state index < -0.39 is 18.1 Å². The second-order valence-corrected chi connectivity index (χ2v) is 4.59. The first-order chi connectivity index (χ1) is 9.30. The summed E-state index contributed by atoms with van der Waals surface area (Å²) in [7, 11) is 0. The summed E-state index contributed by atoms with van der Waals surface area (Å²) in [5.74, 6) is -3.52. The molecular formula is C13H12F3NO3. The predicted octanol–water partition coefficient (Wildman–Crippen LogP) is 2.76. The van der Waals surface area contributed by atoms with E-state index in [1.165, 1.54) is 6.07 Å². The van der Waals surface area contributed by atoms with Crippen LogP contribution in [-0.2, 0) is 17.6 Å². The van der Waals surface area contributed by atoms with E-state index in [1.807, 2.05) is 0 Å². The number of nitrogens with one attached hydrogen (secondary N) is 1. The molecule has 0 saturated carbocycles. The van der Waals surface area contributed by atoms with E-state index in [2.05, 4.69) is 0 Å². The average molecular weight is 287 g/mol. The zero-order chi connectivity index (χ0) is 14.9. The molecule has 108 valence electrons. The Kier molecular flexibility index (Phi) is 3.69. The number of amides is 1. The molecule has 0 bridgehead atoms. The van der Waals surface area contributed by atoms with Crippen LogP contribution in [-0.4, -0.2) is 23.2 Å². The Bertz CT molecular complexity index is 567. The lowest BCUT2D eigenvalue weighted by molar-refractivity contribution is -0.167. The van der Waals surface area contributed by atoms with E-state index in [-0.39, 0.29) is 11.3 Å². The van der Waals surface area contributed by atoms with Crippen LogP contribution in [0, 0.1) is 0 Å². The summed E-state index contributed by atoms with van der Waals surface area (Å²) in [4.78, 5) is 22.2. The number of hydrogen-bond acceptors (Lipinski definition) is 2. The van der Waals surface area contributed by atoms with Gasteiger partial charge in [0.25, 0.3) is 0 Å². The summed E-state index contributed by atoms with van der Waals surface area (Å²) in [6.45, 7) is 0.